The third-order valence-corrected chi connectivity index (χ3v) is 2.47. The van der Waals surface area contributed by atoms with Crippen LogP contribution >= 0.6 is 0 Å². The van der Waals surface area contributed by atoms with Crippen LogP contribution in [0.15, 0.2) is 41.2 Å². The second kappa shape index (κ2) is 4.75. The van der Waals surface area contributed by atoms with Crippen molar-refractivity contribution in [3.63, 3.8) is 0 Å². The molecule has 0 atom stereocenters. The van der Waals surface area contributed by atoms with Gasteiger partial charge in [-0.15, -0.1) is 0 Å². The normalized spacial score (nSPS) is 10.1. The van der Waals surface area contributed by atoms with Gasteiger partial charge in [-0.05, 0) is 43.3 Å². The summed E-state index contributed by atoms with van der Waals surface area (Å²) in [5, 5.41) is 2.63. The van der Waals surface area contributed by atoms with E-state index in [1.165, 1.54) is 6.07 Å². The van der Waals surface area contributed by atoms with Crippen molar-refractivity contribution in [3.8, 4) is 0 Å². The summed E-state index contributed by atoms with van der Waals surface area (Å²) in [4.78, 5) is 26.0. The topological polar surface area (TPSA) is 88.0 Å². The first-order valence-electron chi connectivity index (χ1n) is 5.43. The van der Waals surface area contributed by atoms with Gasteiger partial charge >= 0.3 is 0 Å². The van der Waals surface area contributed by atoms with Crippen molar-refractivity contribution < 1.29 is 4.79 Å². The standard InChI is InChI=1S/C13H13N3O2/c1-8-2-7-11(12(17)15-8)13(18)16-10-5-3-9(14)4-6-10/h2-7H,14H2,1H3,(H,15,17)(H,16,18). The molecule has 4 N–H and O–H groups in total. The van der Waals surface area contributed by atoms with E-state index >= 15 is 0 Å². The Morgan fingerprint density at radius 3 is 2.44 bits per heavy atom. The molecular weight excluding hydrogens is 230 g/mol. The van der Waals surface area contributed by atoms with E-state index in [9.17, 15) is 9.59 Å². The summed E-state index contributed by atoms with van der Waals surface area (Å²) in [5.41, 5.74) is 7.14. The number of amides is 1. The molecule has 1 aromatic heterocycles. The van der Waals surface area contributed by atoms with Gasteiger partial charge in [0.25, 0.3) is 11.5 Å². The number of nitrogens with two attached hydrogens (primary N) is 1. The maximum Gasteiger partial charge on any atom is 0.261 e. The van der Waals surface area contributed by atoms with Gasteiger partial charge in [-0.2, -0.15) is 0 Å². The Bertz CT molecular complexity index is 629. The molecule has 0 aliphatic heterocycles. The Balaban J connectivity index is 2.22. The van der Waals surface area contributed by atoms with E-state index in [1.54, 1.807) is 37.3 Å². The molecule has 0 saturated carbocycles. The highest BCUT2D eigenvalue weighted by molar-refractivity contribution is 6.04. The second-order valence-corrected chi connectivity index (χ2v) is 3.96. The molecule has 0 radical (unpaired) electrons. The average Bonchev–Trinajstić information content (AvgIpc) is 2.32. The number of benzene rings is 1. The number of nitrogens with one attached hydrogen (secondary N) is 2. The predicted octanol–water partition coefficient (Wildman–Crippen LogP) is 1.52. The smallest absolute Gasteiger partial charge is 0.261 e. The van der Waals surface area contributed by atoms with Gasteiger partial charge in [0.15, 0.2) is 0 Å². The fourth-order valence-electron chi connectivity index (χ4n) is 1.52. The lowest BCUT2D eigenvalue weighted by Crippen LogP contribution is -2.23. The van der Waals surface area contributed by atoms with E-state index in [0.717, 1.165) is 0 Å². The van der Waals surface area contributed by atoms with Gasteiger partial charge in [-0.3, -0.25) is 9.59 Å². The summed E-state index contributed by atoms with van der Waals surface area (Å²) in [6.45, 7) is 1.75. The minimum Gasteiger partial charge on any atom is -0.399 e. The van der Waals surface area contributed by atoms with E-state index in [0.29, 0.717) is 17.1 Å². The third kappa shape index (κ3) is 2.57. The first-order chi connectivity index (χ1) is 8.56. The van der Waals surface area contributed by atoms with Gasteiger partial charge in [0, 0.05) is 17.1 Å². The SMILES string of the molecule is Cc1ccc(C(=O)Nc2ccc(N)cc2)c(=O)[nH]1. The number of anilines is 2. The zero-order valence-corrected chi connectivity index (χ0v) is 9.86. The molecule has 5 heteroatoms. The Labute approximate surface area is 104 Å². The lowest BCUT2D eigenvalue weighted by atomic mass is 10.2. The maximum atomic E-state index is 11.9. The lowest BCUT2D eigenvalue weighted by molar-refractivity contribution is 0.102. The molecule has 2 aromatic rings. The van der Waals surface area contributed by atoms with E-state index < -0.39 is 11.5 Å². The van der Waals surface area contributed by atoms with Gasteiger partial charge in [-0.1, -0.05) is 0 Å². The molecule has 0 spiro atoms. The van der Waals surface area contributed by atoms with Gasteiger partial charge < -0.3 is 16.0 Å². The van der Waals surface area contributed by atoms with Crippen LogP contribution in [0.5, 0.6) is 0 Å². The molecule has 0 saturated heterocycles. The summed E-state index contributed by atoms with van der Waals surface area (Å²) in [7, 11) is 0. The van der Waals surface area contributed by atoms with Crippen LogP contribution in [0.4, 0.5) is 11.4 Å². The largest absolute Gasteiger partial charge is 0.399 e. The molecule has 0 aliphatic rings. The summed E-state index contributed by atoms with van der Waals surface area (Å²) in [6, 6.07) is 9.88. The van der Waals surface area contributed by atoms with E-state index in [2.05, 4.69) is 10.3 Å². The van der Waals surface area contributed by atoms with Gasteiger partial charge in [0.2, 0.25) is 0 Å². The highest BCUT2D eigenvalue weighted by Crippen LogP contribution is 2.11. The van der Waals surface area contributed by atoms with Gasteiger partial charge in [0.1, 0.15) is 5.56 Å². The Hall–Kier alpha value is -2.56. The minimum atomic E-state index is -0.443. The maximum absolute atomic E-state index is 11.9. The molecule has 2 rings (SSSR count). The second-order valence-electron chi connectivity index (χ2n) is 3.96. The number of rotatable bonds is 2. The van der Waals surface area contributed by atoms with Crippen molar-refractivity contribution in [1.29, 1.82) is 0 Å². The van der Waals surface area contributed by atoms with Crippen LogP contribution in [-0.2, 0) is 0 Å². The van der Waals surface area contributed by atoms with Crippen molar-refractivity contribution >= 4 is 17.3 Å². The number of aromatic nitrogens is 1. The molecule has 1 aromatic carbocycles. The number of aromatic amines is 1. The van der Waals surface area contributed by atoms with Crippen LogP contribution < -0.4 is 16.6 Å². The van der Waals surface area contributed by atoms with Gasteiger partial charge in [0.05, 0.1) is 0 Å². The average molecular weight is 243 g/mol. The van der Waals surface area contributed by atoms with E-state index in [-0.39, 0.29) is 5.56 Å². The predicted molar refractivity (Wildman–Crippen MR) is 70.6 cm³/mol. The number of H-pyrrole nitrogens is 1. The first-order valence-corrected chi connectivity index (χ1v) is 5.43. The summed E-state index contributed by atoms with van der Waals surface area (Å²) in [5.74, 6) is -0.443. The van der Waals surface area contributed by atoms with Crippen LogP contribution in [0.1, 0.15) is 16.1 Å². The number of nitrogen functional groups attached to an aromatic ring is 1. The van der Waals surface area contributed by atoms with Crippen LogP contribution in [0.25, 0.3) is 0 Å². The van der Waals surface area contributed by atoms with Crippen LogP contribution in [-0.4, -0.2) is 10.9 Å². The quantitative estimate of drug-likeness (QED) is 0.699. The van der Waals surface area contributed by atoms with Crippen molar-refractivity contribution in [2.24, 2.45) is 0 Å². The highest BCUT2D eigenvalue weighted by Gasteiger charge is 2.10. The van der Waals surface area contributed by atoms with Crippen molar-refractivity contribution in [2.75, 3.05) is 11.1 Å². The fraction of sp³-hybridized carbons (Fsp3) is 0.0769. The van der Waals surface area contributed by atoms with E-state index in [1.807, 2.05) is 0 Å². The van der Waals surface area contributed by atoms with Crippen molar-refractivity contribution in [3.05, 3.63) is 58.0 Å². The number of carbonyl (C=O) groups is 1. The molecule has 1 heterocycles. The molecule has 0 bridgehead atoms. The summed E-state index contributed by atoms with van der Waals surface area (Å²) < 4.78 is 0. The van der Waals surface area contributed by atoms with Crippen LogP contribution in [0.3, 0.4) is 0 Å². The number of hydrogen-bond acceptors (Lipinski definition) is 3. The minimum absolute atomic E-state index is 0.0809. The van der Waals surface area contributed by atoms with Crippen molar-refractivity contribution in [1.82, 2.24) is 4.98 Å². The summed E-state index contributed by atoms with van der Waals surface area (Å²) in [6.07, 6.45) is 0. The van der Waals surface area contributed by atoms with Gasteiger partial charge in [-0.25, -0.2) is 0 Å². The monoisotopic (exact) mass is 243 g/mol. The van der Waals surface area contributed by atoms with Crippen LogP contribution in [0, 0.1) is 6.92 Å². The van der Waals surface area contributed by atoms with Crippen molar-refractivity contribution in [2.45, 2.75) is 6.92 Å². The first kappa shape index (κ1) is 11.9. The molecule has 1 amide bonds. The Morgan fingerprint density at radius 1 is 1.17 bits per heavy atom. The zero-order chi connectivity index (χ0) is 13.1. The molecule has 0 unspecified atom stereocenters. The molecule has 0 fully saturated rings. The number of carbonyl (C=O) groups excluding carboxylic acids is 1. The number of aryl methyl sites for hydroxylation is 1. The summed E-state index contributed by atoms with van der Waals surface area (Å²) >= 11 is 0. The Morgan fingerprint density at radius 2 is 1.83 bits per heavy atom. The van der Waals surface area contributed by atoms with Crippen LogP contribution in [0.2, 0.25) is 0 Å². The molecule has 18 heavy (non-hydrogen) atoms. The molecular formula is C13H13N3O2. The number of pyridine rings is 1. The molecule has 5 nitrogen and oxygen atoms in total. The number of hydrogen-bond donors (Lipinski definition) is 3. The molecule has 92 valence electrons. The third-order valence-electron chi connectivity index (χ3n) is 2.47. The lowest BCUT2D eigenvalue weighted by Gasteiger charge is -2.05. The highest BCUT2D eigenvalue weighted by atomic mass is 16.2. The van der Waals surface area contributed by atoms with E-state index in [4.69, 9.17) is 5.73 Å². The zero-order valence-electron chi connectivity index (χ0n) is 9.86. The fourth-order valence-corrected chi connectivity index (χ4v) is 1.52. The Kier molecular flexibility index (Phi) is 3.14. The molecule has 0 aliphatic carbocycles.